The highest BCUT2D eigenvalue weighted by Crippen LogP contribution is 2.16. The minimum absolute atomic E-state index is 0.0636. The van der Waals surface area contributed by atoms with Gasteiger partial charge in [-0.2, -0.15) is 0 Å². The van der Waals surface area contributed by atoms with E-state index < -0.39 is 10.0 Å². The lowest BCUT2D eigenvalue weighted by Gasteiger charge is -2.32. The number of furan rings is 1. The number of hydrogen-bond acceptors (Lipinski definition) is 6. The second kappa shape index (κ2) is 8.76. The van der Waals surface area contributed by atoms with E-state index in [4.69, 9.17) is 14.3 Å². The number of nitrogens with one attached hydrogen (secondary N) is 1. The van der Waals surface area contributed by atoms with Crippen molar-refractivity contribution in [1.29, 1.82) is 0 Å². The van der Waals surface area contributed by atoms with Crippen LogP contribution in [0, 0.1) is 6.92 Å². The van der Waals surface area contributed by atoms with Gasteiger partial charge in [-0.3, -0.25) is 9.69 Å². The third-order valence-electron chi connectivity index (χ3n) is 4.82. The van der Waals surface area contributed by atoms with Gasteiger partial charge in [0.2, 0.25) is 10.0 Å². The van der Waals surface area contributed by atoms with Crippen LogP contribution in [0.4, 0.5) is 0 Å². The van der Waals surface area contributed by atoms with Gasteiger partial charge in [-0.05, 0) is 50.1 Å². The Morgan fingerprint density at radius 2 is 1.93 bits per heavy atom. The SMILES string of the molecule is Cc1ccoc1C(=O)NC1CCN(CCOc2ccc(S(N)(=O)=O)cc2)CC1. The fraction of sp³-hybridized carbons (Fsp3) is 0.421. The van der Waals surface area contributed by atoms with Gasteiger partial charge in [0, 0.05) is 31.2 Å². The fourth-order valence-electron chi connectivity index (χ4n) is 3.18. The number of aryl methyl sites for hydroxylation is 1. The Morgan fingerprint density at radius 3 is 2.50 bits per heavy atom. The molecule has 0 aliphatic carbocycles. The zero-order valence-corrected chi connectivity index (χ0v) is 16.6. The molecule has 0 spiro atoms. The first-order chi connectivity index (χ1) is 13.3. The molecule has 1 aromatic heterocycles. The molecule has 1 aliphatic heterocycles. The summed E-state index contributed by atoms with van der Waals surface area (Å²) >= 11 is 0. The van der Waals surface area contributed by atoms with Crippen LogP contribution in [0.1, 0.15) is 29.0 Å². The van der Waals surface area contributed by atoms with Crippen LogP contribution in [-0.4, -0.2) is 51.5 Å². The third-order valence-corrected chi connectivity index (χ3v) is 5.75. The van der Waals surface area contributed by atoms with E-state index in [2.05, 4.69) is 10.2 Å². The Hall–Kier alpha value is -2.36. The maximum absolute atomic E-state index is 12.2. The van der Waals surface area contributed by atoms with Crippen LogP contribution >= 0.6 is 0 Å². The molecular formula is C19H25N3O5S. The van der Waals surface area contributed by atoms with Crippen molar-refractivity contribution in [2.75, 3.05) is 26.2 Å². The van der Waals surface area contributed by atoms with Gasteiger partial charge in [-0.15, -0.1) is 0 Å². The van der Waals surface area contributed by atoms with Crippen molar-refractivity contribution in [3.8, 4) is 5.75 Å². The monoisotopic (exact) mass is 407 g/mol. The van der Waals surface area contributed by atoms with E-state index >= 15 is 0 Å². The number of nitrogens with zero attached hydrogens (tertiary/aromatic N) is 1. The second-order valence-corrected chi connectivity index (χ2v) is 8.45. The molecule has 3 N–H and O–H groups in total. The second-order valence-electron chi connectivity index (χ2n) is 6.89. The molecule has 1 saturated heterocycles. The van der Waals surface area contributed by atoms with Gasteiger partial charge >= 0.3 is 0 Å². The molecule has 1 aliphatic rings. The van der Waals surface area contributed by atoms with E-state index in [1.807, 2.05) is 6.92 Å². The van der Waals surface area contributed by atoms with Gasteiger partial charge in [0.15, 0.2) is 5.76 Å². The molecule has 0 bridgehead atoms. The molecule has 2 aromatic rings. The Balaban J connectivity index is 1.38. The van der Waals surface area contributed by atoms with Gasteiger partial charge in [-0.25, -0.2) is 13.6 Å². The highest BCUT2D eigenvalue weighted by molar-refractivity contribution is 7.89. The molecule has 152 valence electrons. The number of piperidine rings is 1. The number of likely N-dealkylation sites (tertiary alicyclic amines) is 1. The molecule has 0 saturated carbocycles. The van der Waals surface area contributed by atoms with Crippen LogP contribution in [0.15, 0.2) is 45.9 Å². The van der Waals surface area contributed by atoms with E-state index in [1.165, 1.54) is 18.4 Å². The van der Waals surface area contributed by atoms with Crippen LogP contribution in [0.5, 0.6) is 5.75 Å². The molecule has 1 fully saturated rings. The van der Waals surface area contributed by atoms with E-state index in [0.717, 1.165) is 38.0 Å². The van der Waals surface area contributed by atoms with E-state index in [1.54, 1.807) is 18.2 Å². The fourth-order valence-corrected chi connectivity index (χ4v) is 3.69. The Kier molecular flexibility index (Phi) is 6.38. The lowest BCUT2D eigenvalue weighted by Crippen LogP contribution is -2.45. The summed E-state index contributed by atoms with van der Waals surface area (Å²) < 4.78 is 33.4. The Labute approximate surface area is 164 Å². The largest absolute Gasteiger partial charge is 0.492 e. The lowest BCUT2D eigenvalue weighted by atomic mass is 10.0. The third kappa shape index (κ3) is 5.34. The first-order valence-corrected chi connectivity index (χ1v) is 10.7. The average Bonchev–Trinajstić information content (AvgIpc) is 3.09. The quantitative estimate of drug-likeness (QED) is 0.719. The molecule has 1 aromatic carbocycles. The number of carbonyl (C=O) groups is 1. The number of benzene rings is 1. The van der Waals surface area contributed by atoms with Crippen LogP contribution < -0.4 is 15.2 Å². The first-order valence-electron chi connectivity index (χ1n) is 9.16. The van der Waals surface area contributed by atoms with Crippen molar-refractivity contribution in [2.45, 2.75) is 30.7 Å². The predicted octanol–water partition coefficient (Wildman–Crippen LogP) is 1.51. The number of rotatable bonds is 7. The molecule has 9 heteroatoms. The number of sulfonamides is 1. The summed E-state index contributed by atoms with van der Waals surface area (Å²) in [5, 5.41) is 8.11. The van der Waals surface area contributed by atoms with Crippen molar-refractivity contribution in [3.05, 3.63) is 47.9 Å². The molecule has 2 heterocycles. The molecule has 0 atom stereocenters. The molecule has 0 radical (unpaired) electrons. The lowest BCUT2D eigenvalue weighted by molar-refractivity contribution is 0.0877. The predicted molar refractivity (Wildman–Crippen MR) is 104 cm³/mol. The topological polar surface area (TPSA) is 115 Å². The van der Waals surface area contributed by atoms with Crippen molar-refractivity contribution in [2.24, 2.45) is 5.14 Å². The number of ether oxygens (including phenoxy) is 1. The van der Waals surface area contributed by atoms with Crippen LogP contribution in [0.3, 0.4) is 0 Å². The average molecular weight is 407 g/mol. The van der Waals surface area contributed by atoms with E-state index in [0.29, 0.717) is 18.1 Å². The Morgan fingerprint density at radius 1 is 1.25 bits per heavy atom. The summed E-state index contributed by atoms with van der Waals surface area (Å²) in [4.78, 5) is 14.5. The number of primary sulfonamides is 1. The van der Waals surface area contributed by atoms with Crippen molar-refractivity contribution >= 4 is 15.9 Å². The summed E-state index contributed by atoms with van der Waals surface area (Å²) in [6.45, 7) is 4.85. The number of amides is 1. The van der Waals surface area contributed by atoms with Crippen molar-refractivity contribution in [3.63, 3.8) is 0 Å². The maximum Gasteiger partial charge on any atom is 0.287 e. The maximum atomic E-state index is 12.2. The molecule has 28 heavy (non-hydrogen) atoms. The van der Waals surface area contributed by atoms with Gasteiger partial charge in [0.05, 0.1) is 11.2 Å². The summed E-state index contributed by atoms with van der Waals surface area (Å²) in [7, 11) is -3.69. The smallest absolute Gasteiger partial charge is 0.287 e. The zero-order chi connectivity index (χ0) is 20.1. The van der Waals surface area contributed by atoms with Crippen LogP contribution in [-0.2, 0) is 10.0 Å². The number of nitrogens with two attached hydrogens (primary N) is 1. The highest BCUT2D eigenvalue weighted by Gasteiger charge is 2.22. The van der Waals surface area contributed by atoms with Gasteiger partial charge in [0.25, 0.3) is 5.91 Å². The Bertz CT molecular complexity index is 900. The normalized spacial score (nSPS) is 16.1. The summed E-state index contributed by atoms with van der Waals surface area (Å²) in [6, 6.07) is 7.97. The van der Waals surface area contributed by atoms with Crippen LogP contribution in [0.2, 0.25) is 0 Å². The standard InChI is InChI=1S/C19H25N3O5S/c1-14-8-12-27-18(14)19(23)21-15-6-9-22(10-7-15)11-13-26-16-2-4-17(5-3-16)28(20,24)25/h2-5,8,12,15H,6-7,9-11,13H2,1H3,(H,21,23)(H2,20,24,25). The van der Waals surface area contributed by atoms with E-state index in [9.17, 15) is 13.2 Å². The summed E-state index contributed by atoms with van der Waals surface area (Å²) in [5.74, 6) is 0.819. The van der Waals surface area contributed by atoms with Gasteiger partial charge < -0.3 is 14.5 Å². The minimum Gasteiger partial charge on any atom is -0.492 e. The molecule has 0 unspecified atom stereocenters. The van der Waals surface area contributed by atoms with Gasteiger partial charge in [0.1, 0.15) is 12.4 Å². The molecule has 3 rings (SSSR count). The summed E-state index contributed by atoms with van der Waals surface area (Å²) in [6.07, 6.45) is 3.26. The molecule has 8 nitrogen and oxygen atoms in total. The van der Waals surface area contributed by atoms with Crippen molar-refractivity contribution in [1.82, 2.24) is 10.2 Å². The van der Waals surface area contributed by atoms with Crippen molar-refractivity contribution < 1.29 is 22.4 Å². The molecular weight excluding hydrogens is 382 g/mol. The van der Waals surface area contributed by atoms with Crippen LogP contribution in [0.25, 0.3) is 0 Å². The van der Waals surface area contributed by atoms with E-state index in [-0.39, 0.29) is 16.8 Å². The minimum atomic E-state index is -3.69. The number of carbonyl (C=O) groups excluding carboxylic acids is 1. The summed E-state index contributed by atoms with van der Waals surface area (Å²) in [5.41, 5.74) is 0.837. The van der Waals surface area contributed by atoms with Gasteiger partial charge in [-0.1, -0.05) is 0 Å². The number of hydrogen-bond donors (Lipinski definition) is 2. The first kappa shape index (κ1) is 20.4. The zero-order valence-electron chi connectivity index (χ0n) is 15.8. The molecule has 1 amide bonds. The highest BCUT2D eigenvalue weighted by atomic mass is 32.2.